The fraction of sp³-hybridized carbons (Fsp3) is 0.579. The van der Waals surface area contributed by atoms with Crippen molar-refractivity contribution in [2.45, 2.75) is 45.7 Å². The van der Waals surface area contributed by atoms with E-state index in [0.29, 0.717) is 0 Å². The van der Waals surface area contributed by atoms with Gasteiger partial charge in [-0.3, -0.25) is 0 Å². The number of hydrogen-bond acceptors (Lipinski definition) is 3. The molecule has 0 saturated carbocycles. The minimum absolute atomic E-state index is 0.0718. The van der Waals surface area contributed by atoms with Gasteiger partial charge in [0, 0.05) is 24.2 Å². The summed E-state index contributed by atoms with van der Waals surface area (Å²) >= 11 is 0. The molecule has 3 nitrogen and oxygen atoms in total. The quantitative estimate of drug-likeness (QED) is 0.700. The summed E-state index contributed by atoms with van der Waals surface area (Å²) in [6.07, 6.45) is 10.5. The second-order valence-corrected chi connectivity index (χ2v) is 7.83. The Morgan fingerprint density at radius 3 is 2.77 bits per heavy atom. The third-order valence-corrected chi connectivity index (χ3v) is 4.88. The lowest BCUT2D eigenvalue weighted by Crippen LogP contribution is -2.48. The van der Waals surface area contributed by atoms with E-state index in [1.54, 1.807) is 0 Å². The molecule has 1 fully saturated rings. The fourth-order valence-electron chi connectivity index (χ4n) is 3.34. The molecular weight excluding hydrogens is 270 g/mol. The van der Waals surface area contributed by atoms with E-state index in [1.807, 2.05) is 0 Å². The molecule has 1 heterocycles. The second-order valence-electron chi connectivity index (χ2n) is 7.83. The number of allylic oxidation sites excluding steroid dienone is 3. The number of hydrogen-bond donors (Lipinski definition) is 3. The predicted octanol–water partition coefficient (Wildman–Crippen LogP) is 2.88. The van der Waals surface area contributed by atoms with E-state index in [9.17, 15) is 0 Å². The summed E-state index contributed by atoms with van der Waals surface area (Å²) in [5, 5.41) is 7.05. The van der Waals surface area contributed by atoms with Gasteiger partial charge in [0.1, 0.15) is 0 Å². The number of nitrogens with one attached hydrogen (secondary N) is 2. The Hall–Kier alpha value is -1.32. The molecule has 1 saturated heterocycles. The molecule has 2 rings (SSSR count). The topological polar surface area (TPSA) is 50.1 Å². The van der Waals surface area contributed by atoms with Crippen LogP contribution in [-0.2, 0) is 0 Å². The maximum absolute atomic E-state index is 6.48. The van der Waals surface area contributed by atoms with E-state index < -0.39 is 0 Å². The highest BCUT2D eigenvalue weighted by atomic mass is 15.0. The molecule has 3 atom stereocenters. The lowest BCUT2D eigenvalue weighted by molar-refractivity contribution is 0.352. The van der Waals surface area contributed by atoms with Crippen LogP contribution in [0.5, 0.6) is 0 Å². The van der Waals surface area contributed by atoms with Crippen LogP contribution in [0.25, 0.3) is 0 Å². The zero-order valence-corrected chi connectivity index (χ0v) is 14.3. The van der Waals surface area contributed by atoms with Crippen LogP contribution in [0.3, 0.4) is 0 Å². The summed E-state index contributed by atoms with van der Waals surface area (Å²) in [5.74, 6) is 0. The molecule has 4 N–H and O–H groups in total. The lowest BCUT2D eigenvalue weighted by Gasteiger charge is -2.36. The molecule has 0 aromatic carbocycles. The van der Waals surface area contributed by atoms with Gasteiger partial charge in [-0.2, -0.15) is 0 Å². The zero-order valence-electron chi connectivity index (χ0n) is 14.3. The van der Waals surface area contributed by atoms with E-state index >= 15 is 0 Å². The standard InChI is InChI=1S/C19H31N3/c1-14-11-18(3,4)13-21-12-16(14)22-15(2)17(20)19(5)9-7-6-8-10-19/h6-9,16-17,21-22H,1-2,10-13,20H2,3-5H3. The van der Waals surface area contributed by atoms with Gasteiger partial charge in [-0.25, -0.2) is 0 Å². The minimum atomic E-state index is -0.113. The van der Waals surface area contributed by atoms with Crippen molar-refractivity contribution >= 4 is 0 Å². The smallest absolute Gasteiger partial charge is 0.0593 e. The van der Waals surface area contributed by atoms with Crippen LogP contribution < -0.4 is 16.4 Å². The average molecular weight is 301 g/mol. The molecule has 0 amide bonds. The fourth-order valence-corrected chi connectivity index (χ4v) is 3.34. The lowest BCUT2D eigenvalue weighted by atomic mass is 9.76. The van der Waals surface area contributed by atoms with Gasteiger partial charge in [0.2, 0.25) is 0 Å². The molecule has 3 heteroatoms. The highest BCUT2D eigenvalue weighted by Crippen LogP contribution is 2.33. The normalized spacial score (nSPS) is 32.4. The minimum Gasteiger partial charge on any atom is -0.380 e. The monoisotopic (exact) mass is 301 g/mol. The molecule has 3 unspecified atom stereocenters. The van der Waals surface area contributed by atoms with Crippen molar-refractivity contribution in [3.63, 3.8) is 0 Å². The average Bonchev–Trinajstić information content (AvgIpc) is 2.57. The summed E-state index contributed by atoms with van der Waals surface area (Å²) in [4.78, 5) is 0. The van der Waals surface area contributed by atoms with E-state index in [-0.39, 0.29) is 22.9 Å². The SMILES string of the molecule is C=C1CC(C)(C)CNCC1NC(=C)C(N)C1(C)C=CC=CC1. The van der Waals surface area contributed by atoms with Crippen LogP contribution in [0.15, 0.2) is 48.7 Å². The van der Waals surface area contributed by atoms with Crippen molar-refractivity contribution in [3.05, 3.63) is 48.7 Å². The number of nitrogens with two attached hydrogens (primary N) is 1. The van der Waals surface area contributed by atoms with Crippen molar-refractivity contribution in [2.24, 2.45) is 16.6 Å². The Morgan fingerprint density at radius 2 is 2.14 bits per heavy atom. The van der Waals surface area contributed by atoms with Crippen LogP contribution in [0, 0.1) is 10.8 Å². The van der Waals surface area contributed by atoms with Crippen LogP contribution in [0.4, 0.5) is 0 Å². The van der Waals surface area contributed by atoms with Gasteiger partial charge in [-0.1, -0.05) is 63.8 Å². The molecule has 1 aliphatic carbocycles. The van der Waals surface area contributed by atoms with Crippen LogP contribution in [-0.4, -0.2) is 25.2 Å². The first-order valence-corrected chi connectivity index (χ1v) is 8.17. The van der Waals surface area contributed by atoms with Crippen molar-refractivity contribution in [2.75, 3.05) is 13.1 Å². The van der Waals surface area contributed by atoms with Gasteiger partial charge >= 0.3 is 0 Å². The van der Waals surface area contributed by atoms with Gasteiger partial charge in [0.05, 0.1) is 12.1 Å². The summed E-state index contributed by atoms with van der Waals surface area (Å²) in [5.41, 5.74) is 8.79. The molecule has 0 spiro atoms. The van der Waals surface area contributed by atoms with Gasteiger partial charge in [0.15, 0.2) is 0 Å². The molecule has 0 bridgehead atoms. The highest BCUT2D eigenvalue weighted by molar-refractivity contribution is 5.25. The van der Waals surface area contributed by atoms with E-state index in [4.69, 9.17) is 5.73 Å². The Bertz CT molecular complexity index is 501. The van der Waals surface area contributed by atoms with Gasteiger partial charge in [-0.05, 0) is 18.3 Å². The molecule has 2 aliphatic rings. The van der Waals surface area contributed by atoms with Crippen molar-refractivity contribution in [1.29, 1.82) is 0 Å². The zero-order chi connectivity index (χ0) is 16.4. The van der Waals surface area contributed by atoms with Crippen LogP contribution in [0.2, 0.25) is 0 Å². The Kier molecular flexibility index (Phi) is 4.98. The van der Waals surface area contributed by atoms with E-state index in [0.717, 1.165) is 31.6 Å². The summed E-state index contributed by atoms with van der Waals surface area (Å²) in [6, 6.07) is 0.0878. The summed E-state index contributed by atoms with van der Waals surface area (Å²) in [6.45, 7) is 17.1. The van der Waals surface area contributed by atoms with Crippen molar-refractivity contribution < 1.29 is 0 Å². The highest BCUT2D eigenvalue weighted by Gasteiger charge is 2.33. The van der Waals surface area contributed by atoms with Gasteiger partial charge in [-0.15, -0.1) is 0 Å². The third kappa shape index (κ3) is 3.90. The Balaban J connectivity index is 2.00. The molecule has 0 radical (unpaired) electrons. The maximum atomic E-state index is 6.48. The molecule has 0 aromatic heterocycles. The third-order valence-electron chi connectivity index (χ3n) is 4.88. The van der Waals surface area contributed by atoms with E-state index in [2.05, 4.69) is 68.9 Å². The van der Waals surface area contributed by atoms with Gasteiger partial charge < -0.3 is 16.4 Å². The molecule has 122 valence electrons. The van der Waals surface area contributed by atoms with Gasteiger partial charge in [0.25, 0.3) is 0 Å². The predicted molar refractivity (Wildman–Crippen MR) is 95.5 cm³/mol. The second kappa shape index (κ2) is 6.43. The molecule has 22 heavy (non-hydrogen) atoms. The maximum Gasteiger partial charge on any atom is 0.0593 e. The molecule has 1 aliphatic heterocycles. The van der Waals surface area contributed by atoms with Crippen molar-refractivity contribution in [3.8, 4) is 0 Å². The number of rotatable bonds is 4. The first kappa shape index (κ1) is 17.0. The first-order chi connectivity index (χ1) is 10.2. The van der Waals surface area contributed by atoms with Crippen LogP contribution >= 0.6 is 0 Å². The largest absolute Gasteiger partial charge is 0.380 e. The van der Waals surface area contributed by atoms with Crippen LogP contribution in [0.1, 0.15) is 33.6 Å². The first-order valence-electron chi connectivity index (χ1n) is 8.17. The summed E-state index contributed by atoms with van der Waals surface area (Å²) < 4.78 is 0. The summed E-state index contributed by atoms with van der Waals surface area (Å²) in [7, 11) is 0. The molecular formula is C19H31N3. The van der Waals surface area contributed by atoms with Crippen molar-refractivity contribution in [1.82, 2.24) is 10.6 Å². The van der Waals surface area contributed by atoms with E-state index in [1.165, 1.54) is 5.57 Å². The Morgan fingerprint density at radius 1 is 1.41 bits per heavy atom. The molecule has 0 aromatic rings. The Labute approximate surface area is 135 Å².